The zero-order chi connectivity index (χ0) is 9.80. The van der Waals surface area contributed by atoms with Crippen LogP contribution in [0.4, 0.5) is 0 Å². The van der Waals surface area contributed by atoms with E-state index in [0.717, 1.165) is 17.9 Å². The Bertz CT molecular complexity index is 167. The molecule has 0 spiro atoms. The van der Waals surface area contributed by atoms with Crippen LogP contribution in [0.5, 0.6) is 0 Å². The minimum absolute atomic E-state index is 0.898. The van der Waals surface area contributed by atoms with Gasteiger partial charge in [0.25, 0.3) is 0 Å². The fourth-order valence-electron chi connectivity index (χ4n) is 3.33. The van der Waals surface area contributed by atoms with Gasteiger partial charge in [0, 0.05) is 6.04 Å². The third-order valence-electron chi connectivity index (χ3n) is 4.17. The van der Waals surface area contributed by atoms with Gasteiger partial charge in [0.2, 0.25) is 0 Å². The minimum atomic E-state index is 0.898. The van der Waals surface area contributed by atoms with Crippen molar-refractivity contribution in [2.45, 2.75) is 64.3 Å². The molecule has 0 heterocycles. The van der Waals surface area contributed by atoms with Crippen LogP contribution in [0.3, 0.4) is 0 Å². The minimum Gasteiger partial charge on any atom is -0.314 e. The fourth-order valence-corrected chi connectivity index (χ4v) is 3.33. The Kier molecular flexibility index (Phi) is 3.86. The van der Waals surface area contributed by atoms with Crippen molar-refractivity contribution in [1.29, 1.82) is 0 Å². The second-order valence-corrected chi connectivity index (χ2v) is 5.30. The van der Waals surface area contributed by atoms with Crippen LogP contribution in [0, 0.1) is 11.8 Å². The molecule has 0 aromatic heterocycles. The topological polar surface area (TPSA) is 12.0 Å². The lowest BCUT2D eigenvalue weighted by molar-refractivity contribution is 0.349. The summed E-state index contributed by atoms with van der Waals surface area (Å²) >= 11 is 0. The average Bonchev–Trinajstić information content (AvgIpc) is 2.79. The normalized spacial score (nSPS) is 35.4. The van der Waals surface area contributed by atoms with Crippen molar-refractivity contribution in [2.24, 2.45) is 11.8 Å². The molecule has 14 heavy (non-hydrogen) atoms. The largest absolute Gasteiger partial charge is 0.314 e. The SMILES string of the molecule is CCCCCCN[C@@H]1C[C@@H]2CC[C@@H]1C2. The van der Waals surface area contributed by atoms with E-state index in [-0.39, 0.29) is 0 Å². The highest BCUT2D eigenvalue weighted by atomic mass is 14.9. The number of fused-ring (bicyclic) bond motifs is 2. The molecule has 1 nitrogen and oxygen atoms in total. The molecule has 1 N–H and O–H groups in total. The van der Waals surface area contributed by atoms with Crippen molar-refractivity contribution in [2.75, 3.05) is 6.54 Å². The second-order valence-electron chi connectivity index (χ2n) is 5.30. The maximum Gasteiger partial charge on any atom is 0.00980 e. The Labute approximate surface area is 88.7 Å². The Morgan fingerprint density at radius 3 is 2.64 bits per heavy atom. The first-order valence-corrected chi connectivity index (χ1v) is 6.63. The molecule has 2 saturated carbocycles. The molecule has 2 aliphatic carbocycles. The van der Waals surface area contributed by atoms with E-state index in [1.165, 1.54) is 57.9 Å². The summed E-state index contributed by atoms with van der Waals surface area (Å²) in [5.74, 6) is 2.14. The number of nitrogens with one attached hydrogen (secondary N) is 1. The van der Waals surface area contributed by atoms with Crippen LogP contribution in [0.25, 0.3) is 0 Å². The van der Waals surface area contributed by atoms with Crippen LogP contribution in [0.15, 0.2) is 0 Å². The number of hydrogen-bond donors (Lipinski definition) is 1. The molecule has 1 heteroatoms. The zero-order valence-corrected chi connectivity index (χ0v) is 9.60. The lowest BCUT2D eigenvalue weighted by Gasteiger charge is -2.22. The molecule has 0 unspecified atom stereocenters. The van der Waals surface area contributed by atoms with Gasteiger partial charge in [-0.25, -0.2) is 0 Å². The predicted octanol–water partition coefficient (Wildman–Crippen LogP) is 3.34. The summed E-state index contributed by atoms with van der Waals surface area (Å²) < 4.78 is 0. The van der Waals surface area contributed by atoms with E-state index in [4.69, 9.17) is 0 Å². The van der Waals surface area contributed by atoms with Gasteiger partial charge in [-0.3, -0.25) is 0 Å². The lowest BCUT2D eigenvalue weighted by Crippen LogP contribution is -2.34. The molecule has 0 radical (unpaired) electrons. The Hall–Kier alpha value is -0.0400. The van der Waals surface area contributed by atoms with Crippen molar-refractivity contribution in [3.05, 3.63) is 0 Å². The molecule has 2 rings (SSSR count). The molecule has 2 fully saturated rings. The van der Waals surface area contributed by atoms with E-state index < -0.39 is 0 Å². The predicted molar refractivity (Wildman–Crippen MR) is 61.4 cm³/mol. The monoisotopic (exact) mass is 195 g/mol. The van der Waals surface area contributed by atoms with Gasteiger partial charge in [0.05, 0.1) is 0 Å². The quantitative estimate of drug-likeness (QED) is 0.641. The van der Waals surface area contributed by atoms with E-state index in [9.17, 15) is 0 Å². The second kappa shape index (κ2) is 5.16. The van der Waals surface area contributed by atoms with Gasteiger partial charge in [-0.2, -0.15) is 0 Å². The molecule has 0 saturated heterocycles. The van der Waals surface area contributed by atoms with Gasteiger partial charge in [-0.1, -0.05) is 32.6 Å². The van der Waals surface area contributed by atoms with Crippen molar-refractivity contribution < 1.29 is 0 Å². The van der Waals surface area contributed by atoms with Gasteiger partial charge in [-0.15, -0.1) is 0 Å². The maximum atomic E-state index is 3.77. The van der Waals surface area contributed by atoms with Crippen LogP contribution >= 0.6 is 0 Å². The van der Waals surface area contributed by atoms with Crippen LogP contribution < -0.4 is 5.32 Å². The zero-order valence-electron chi connectivity index (χ0n) is 9.60. The summed E-state index contributed by atoms with van der Waals surface area (Å²) in [5, 5.41) is 3.77. The van der Waals surface area contributed by atoms with E-state index in [2.05, 4.69) is 12.2 Å². The van der Waals surface area contributed by atoms with E-state index in [1.807, 2.05) is 0 Å². The first-order valence-electron chi connectivity index (χ1n) is 6.63. The van der Waals surface area contributed by atoms with E-state index in [1.54, 1.807) is 0 Å². The number of unbranched alkanes of at least 4 members (excludes halogenated alkanes) is 3. The molecule has 3 atom stereocenters. The van der Waals surface area contributed by atoms with Gasteiger partial charge in [-0.05, 0) is 44.1 Å². The van der Waals surface area contributed by atoms with Gasteiger partial charge in [0.1, 0.15) is 0 Å². The first-order chi connectivity index (χ1) is 6.90. The Balaban J connectivity index is 1.54. The summed E-state index contributed by atoms with van der Waals surface area (Å²) in [6.07, 6.45) is 11.6. The van der Waals surface area contributed by atoms with E-state index in [0.29, 0.717) is 0 Å². The van der Waals surface area contributed by atoms with Crippen LogP contribution in [0.1, 0.15) is 58.3 Å². The van der Waals surface area contributed by atoms with E-state index >= 15 is 0 Å². The summed E-state index contributed by atoms with van der Waals surface area (Å²) in [6.45, 7) is 3.55. The van der Waals surface area contributed by atoms with Crippen LogP contribution in [-0.2, 0) is 0 Å². The fraction of sp³-hybridized carbons (Fsp3) is 1.00. The molecule has 0 aromatic carbocycles. The number of rotatable bonds is 6. The smallest absolute Gasteiger partial charge is 0.00980 e. The maximum absolute atomic E-state index is 3.77. The third kappa shape index (κ3) is 2.50. The first kappa shape index (κ1) is 10.5. The highest BCUT2D eigenvalue weighted by molar-refractivity contribution is 4.93. The average molecular weight is 195 g/mol. The summed E-state index contributed by atoms with van der Waals surface area (Å²) in [6, 6.07) is 0.898. The van der Waals surface area contributed by atoms with Gasteiger partial charge < -0.3 is 5.32 Å². The van der Waals surface area contributed by atoms with Gasteiger partial charge >= 0.3 is 0 Å². The third-order valence-corrected chi connectivity index (χ3v) is 4.17. The van der Waals surface area contributed by atoms with Crippen LogP contribution in [0.2, 0.25) is 0 Å². The Morgan fingerprint density at radius 2 is 2.00 bits per heavy atom. The van der Waals surface area contributed by atoms with Crippen molar-refractivity contribution in [1.82, 2.24) is 5.32 Å². The molecule has 0 amide bonds. The Morgan fingerprint density at radius 1 is 1.07 bits per heavy atom. The standard InChI is InChI=1S/C13H25N/c1-2-3-4-5-8-14-13-10-11-6-7-12(13)9-11/h11-14H,2-10H2,1H3/t11-,12-,13-/m1/s1. The molecule has 82 valence electrons. The molecule has 2 bridgehead atoms. The summed E-state index contributed by atoms with van der Waals surface area (Å²) in [5.41, 5.74) is 0. The molecular weight excluding hydrogens is 170 g/mol. The molecule has 0 aliphatic heterocycles. The summed E-state index contributed by atoms with van der Waals surface area (Å²) in [4.78, 5) is 0. The lowest BCUT2D eigenvalue weighted by atomic mass is 9.95. The molecule has 2 aliphatic rings. The molecular formula is C13H25N. The van der Waals surface area contributed by atoms with Crippen molar-refractivity contribution in [3.8, 4) is 0 Å². The van der Waals surface area contributed by atoms with Crippen molar-refractivity contribution in [3.63, 3.8) is 0 Å². The molecule has 0 aromatic rings. The van der Waals surface area contributed by atoms with Gasteiger partial charge in [0.15, 0.2) is 0 Å². The highest BCUT2D eigenvalue weighted by Gasteiger charge is 2.38. The van der Waals surface area contributed by atoms with Crippen molar-refractivity contribution >= 4 is 0 Å². The van der Waals surface area contributed by atoms with Crippen LogP contribution in [-0.4, -0.2) is 12.6 Å². The summed E-state index contributed by atoms with van der Waals surface area (Å²) in [7, 11) is 0. The number of hydrogen-bond acceptors (Lipinski definition) is 1. The highest BCUT2D eigenvalue weighted by Crippen LogP contribution is 2.44.